The highest BCUT2D eigenvalue weighted by atomic mass is 32.1. The average molecular weight is 253 g/mol. The summed E-state index contributed by atoms with van der Waals surface area (Å²) in [5, 5.41) is 5.77. The minimum Gasteiger partial charge on any atom is -0.377 e. The van der Waals surface area contributed by atoms with Gasteiger partial charge in [0.2, 0.25) is 0 Å². The van der Waals surface area contributed by atoms with Crippen molar-refractivity contribution in [1.82, 2.24) is 5.32 Å². The van der Waals surface area contributed by atoms with E-state index in [4.69, 9.17) is 4.74 Å². The Balaban J connectivity index is 1.98. The normalized spacial score (nSPS) is 19.2. The zero-order valence-corrected chi connectivity index (χ0v) is 11.6. The van der Waals surface area contributed by atoms with Gasteiger partial charge in [-0.1, -0.05) is 13.0 Å². The SMILES string of the molecule is CCNC(Cc1cccs1)C(OCC)C1CC1. The first-order valence-electron chi connectivity index (χ1n) is 6.72. The number of likely N-dealkylation sites (N-methyl/N-ethyl adjacent to an activating group) is 1. The molecule has 2 nitrogen and oxygen atoms in total. The van der Waals surface area contributed by atoms with Crippen LogP contribution in [0.25, 0.3) is 0 Å². The lowest BCUT2D eigenvalue weighted by atomic mass is 10.0. The summed E-state index contributed by atoms with van der Waals surface area (Å²) in [6.07, 6.45) is 4.20. The van der Waals surface area contributed by atoms with Crippen molar-refractivity contribution in [3.63, 3.8) is 0 Å². The summed E-state index contributed by atoms with van der Waals surface area (Å²) >= 11 is 1.85. The highest BCUT2D eigenvalue weighted by Gasteiger charge is 2.36. The van der Waals surface area contributed by atoms with E-state index in [0.717, 1.165) is 25.5 Å². The number of nitrogens with one attached hydrogen (secondary N) is 1. The fraction of sp³-hybridized carbons (Fsp3) is 0.714. The van der Waals surface area contributed by atoms with E-state index in [0.29, 0.717) is 12.1 Å². The van der Waals surface area contributed by atoms with Gasteiger partial charge in [0.1, 0.15) is 0 Å². The minimum absolute atomic E-state index is 0.405. The Bertz CT molecular complexity index is 308. The van der Waals surface area contributed by atoms with Crippen LogP contribution in [0, 0.1) is 5.92 Å². The van der Waals surface area contributed by atoms with Gasteiger partial charge in [-0.25, -0.2) is 0 Å². The van der Waals surface area contributed by atoms with Crippen LogP contribution in [0.4, 0.5) is 0 Å². The quantitative estimate of drug-likeness (QED) is 0.769. The molecule has 1 fully saturated rings. The third kappa shape index (κ3) is 3.80. The van der Waals surface area contributed by atoms with Crippen LogP contribution in [-0.2, 0) is 11.2 Å². The smallest absolute Gasteiger partial charge is 0.0759 e. The van der Waals surface area contributed by atoms with E-state index < -0.39 is 0 Å². The first-order valence-corrected chi connectivity index (χ1v) is 7.60. The number of hydrogen-bond donors (Lipinski definition) is 1. The molecule has 3 heteroatoms. The van der Waals surface area contributed by atoms with Crippen LogP contribution in [0.2, 0.25) is 0 Å². The van der Waals surface area contributed by atoms with Gasteiger partial charge in [0.15, 0.2) is 0 Å². The second-order valence-corrected chi connectivity index (χ2v) is 5.74. The van der Waals surface area contributed by atoms with Crippen LogP contribution in [0.5, 0.6) is 0 Å². The zero-order valence-electron chi connectivity index (χ0n) is 10.8. The highest BCUT2D eigenvalue weighted by Crippen LogP contribution is 2.36. The van der Waals surface area contributed by atoms with E-state index in [1.165, 1.54) is 17.7 Å². The maximum absolute atomic E-state index is 5.97. The first-order chi connectivity index (χ1) is 8.35. The molecule has 1 heterocycles. The van der Waals surface area contributed by atoms with Crippen molar-refractivity contribution >= 4 is 11.3 Å². The molecular formula is C14H23NOS. The molecule has 1 saturated carbocycles. The highest BCUT2D eigenvalue weighted by molar-refractivity contribution is 7.09. The van der Waals surface area contributed by atoms with Crippen LogP contribution in [0.1, 0.15) is 31.6 Å². The van der Waals surface area contributed by atoms with Gasteiger partial charge in [-0.2, -0.15) is 0 Å². The van der Waals surface area contributed by atoms with Gasteiger partial charge < -0.3 is 10.1 Å². The van der Waals surface area contributed by atoms with Gasteiger partial charge in [-0.05, 0) is 50.1 Å². The Labute approximate surface area is 108 Å². The average Bonchev–Trinajstić information content (AvgIpc) is 3.04. The van der Waals surface area contributed by atoms with Gasteiger partial charge in [-0.15, -0.1) is 11.3 Å². The molecule has 0 bridgehead atoms. The van der Waals surface area contributed by atoms with Crippen molar-refractivity contribution in [2.75, 3.05) is 13.2 Å². The molecule has 1 aliphatic rings. The summed E-state index contributed by atoms with van der Waals surface area (Å²) < 4.78 is 5.97. The topological polar surface area (TPSA) is 21.3 Å². The standard InChI is InChI=1S/C14H23NOS/c1-3-15-13(10-12-6-5-9-17-12)14(16-4-2)11-7-8-11/h5-6,9,11,13-15H,3-4,7-8,10H2,1-2H3. The van der Waals surface area contributed by atoms with E-state index >= 15 is 0 Å². The molecule has 2 atom stereocenters. The van der Waals surface area contributed by atoms with Crippen molar-refractivity contribution in [2.45, 2.75) is 45.3 Å². The lowest BCUT2D eigenvalue weighted by molar-refractivity contribution is 0.0198. The third-order valence-electron chi connectivity index (χ3n) is 3.31. The number of ether oxygens (including phenoxy) is 1. The van der Waals surface area contributed by atoms with Gasteiger partial charge in [0.05, 0.1) is 6.10 Å². The molecule has 1 N–H and O–H groups in total. The summed E-state index contributed by atoms with van der Waals surface area (Å²) in [5.74, 6) is 0.791. The van der Waals surface area contributed by atoms with Crippen LogP contribution in [0.3, 0.4) is 0 Å². The zero-order chi connectivity index (χ0) is 12.1. The molecule has 1 aromatic heterocycles. The van der Waals surface area contributed by atoms with E-state index in [1.807, 2.05) is 11.3 Å². The van der Waals surface area contributed by atoms with Gasteiger partial charge in [-0.3, -0.25) is 0 Å². The summed E-state index contributed by atoms with van der Waals surface area (Å²) in [5.41, 5.74) is 0. The summed E-state index contributed by atoms with van der Waals surface area (Å²) in [7, 11) is 0. The van der Waals surface area contributed by atoms with Crippen molar-refractivity contribution in [3.05, 3.63) is 22.4 Å². The summed E-state index contributed by atoms with van der Waals surface area (Å²) in [6, 6.07) is 4.84. The van der Waals surface area contributed by atoms with Crippen LogP contribution < -0.4 is 5.32 Å². The molecule has 0 saturated heterocycles. The lowest BCUT2D eigenvalue weighted by Gasteiger charge is -2.27. The summed E-state index contributed by atoms with van der Waals surface area (Å²) in [4.78, 5) is 1.46. The Hall–Kier alpha value is -0.380. The van der Waals surface area contributed by atoms with Gasteiger partial charge in [0, 0.05) is 17.5 Å². The maximum atomic E-state index is 5.97. The molecular weight excluding hydrogens is 230 g/mol. The molecule has 96 valence electrons. The molecule has 0 spiro atoms. The molecule has 0 aromatic carbocycles. The molecule has 1 aromatic rings. The molecule has 0 radical (unpaired) electrons. The summed E-state index contributed by atoms with van der Waals surface area (Å²) in [6.45, 7) is 6.13. The second-order valence-electron chi connectivity index (χ2n) is 4.71. The molecule has 1 aliphatic carbocycles. The van der Waals surface area contributed by atoms with E-state index in [9.17, 15) is 0 Å². The third-order valence-corrected chi connectivity index (χ3v) is 4.21. The van der Waals surface area contributed by atoms with Crippen molar-refractivity contribution < 1.29 is 4.74 Å². The maximum Gasteiger partial charge on any atom is 0.0759 e. The van der Waals surface area contributed by atoms with Crippen molar-refractivity contribution in [3.8, 4) is 0 Å². The first kappa shape index (κ1) is 13.1. The van der Waals surface area contributed by atoms with Gasteiger partial charge >= 0.3 is 0 Å². The van der Waals surface area contributed by atoms with E-state index in [2.05, 4.69) is 36.7 Å². The molecule has 2 rings (SSSR count). The Morgan fingerprint density at radius 3 is 2.82 bits per heavy atom. The molecule has 2 unspecified atom stereocenters. The Kier molecular flexibility index (Phi) is 5.01. The Morgan fingerprint density at radius 1 is 1.47 bits per heavy atom. The molecule has 0 amide bonds. The van der Waals surface area contributed by atoms with Crippen LogP contribution in [0.15, 0.2) is 17.5 Å². The number of rotatable bonds is 8. The lowest BCUT2D eigenvalue weighted by Crippen LogP contribution is -2.44. The second kappa shape index (κ2) is 6.53. The predicted octanol–water partition coefficient (Wildman–Crippen LogP) is 3.08. The van der Waals surface area contributed by atoms with Crippen LogP contribution >= 0.6 is 11.3 Å². The Morgan fingerprint density at radius 2 is 2.29 bits per heavy atom. The minimum atomic E-state index is 0.405. The number of thiophene rings is 1. The van der Waals surface area contributed by atoms with E-state index in [1.54, 1.807) is 0 Å². The number of hydrogen-bond acceptors (Lipinski definition) is 3. The van der Waals surface area contributed by atoms with E-state index in [-0.39, 0.29) is 0 Å². The fourth-order valence-corrected chi connectivity index (χ4v) is 3.17. The molecule has 0 aliphatic heterocycles. The van der Waals surface area contributed by atoms with Crippen molar-refractivity contribution in [2.24, 2.45) is 5.92 Å². The van der Waals surface area contributed by atoms with Crippen molar-refractivity contribution in [1.29, 1.82) is 0 Å². The molecule has 17 heavy (non-hydrogen) atoms. The largest absolute Gasteiger partial charge is 0.377 e. The monoisotopic (exact) mass is 253 g/mol. The fourth-order valence-electron chi connectivity index (χ4n) is 2.41. The predicted molar refractivity (Wildman–Crippen MR) is 73.6 cm³/mol. The van der Waals surface area contributed by atoms with Crippen LogP contribution in [-0.4, -0.2) is 25.3 Å². The van der Waals surface area contributed by atoms with Gasteiger partial charge in [0.25, 0.3) is 0 Å².